The van der Waals surface area contributed by atoms with E-state index in [-0.39, 0.29) is 16.2 Å². The van der Waals surface area contributed by atoms with Crippen molar-refractivity contribution >= 4 is 0 Å². The minimum atomic E-state index is 0.0824. The molecule has 0 aliphatic heterocycles. The standard InChI is InChI=1S/C20H32O/c1-17(2,3)16-14-13-12(21-16)10-11-18(4,5)15(13)20(8,9)19(14,6)7/h15H,10-11H2,1-9H3. The van der Waals surface area contributed by atoms with Gasteiger partial charge < -0.3 is 4.42 Å². The zero-order valence-electron chi connectivity index (χ0n) is 15.4. The van der Waals surface area contributed by atoms with Gasteiger partial charge >= 0.3 is 0 Å². The second kappa shape index (κ2) is 3.78. The van der Waals surface area contributed by atoms with Crippen LogP contribution in [-0.2, 0) is 17.3 Å². The van der Waals surface area contributed by atoms with Crippen molar-refractivity contribution in [2.75, 3.05) is 0 Å². The van der Waals surface area contributed by atoms with Crippen LogP contribution in [-0.4, -0.2) is 0 Å². The lowest BCUT2D eigenvalue weighted by Crippen LogP contribution is -2.42. The van der Waals surface area contributed by atoms with Crippen molar-refractivity contribution in [3.05, 3.63) is 22.6 Å². The smallest absolute Gasteiger partial charge is 0.113 e. The van der Waals surface area contributed by atoms with Gasteiger partial charge in [0.2, 0.25) is 0 Å². The summed E-state index contributed by atoms with van der Waals surface area (Å²) in [7, 11) is 0. The lowest BCUT2D eigenvalue weighted by atomic mass is 9.56. The maximum Gasteiger partial charge on any atom is 0.113 e. The number of hydrogen-bond donors (Lipinski definition) is 0. The fraction of sp³-hybridized carbons (Fsp3) is 0.800. The molecule has 118 valence electrons. The third kappa shape index (κ3) is 1.69. The lowest BCUT2D eigenvalue weighted by molar-refractivity contribution is 0.0750. The summed E-state index contributed by atoms with van der Waals surface area (Å²) < 4.78 is 6.45. The van der Waals surface area contributed by atoms with Gasteiger partial charge in [-0.15, -0.1) is 0 Å². The third-order valence-electron chi connectivity index (χ3n) is 6.73. The summed E-state index contributed by atoms with van der Waals surface area (Å²) in [5.74, 6) is 3.14. The first-order valence-corrected chi connectivity index (χ1v) is 8.48. The van der Waals surface area contributed by atoms with Crippen LogP contribution in [0.3, 0.4) is 0 Å². The molecular weight excluding hydrogens is 256 g/mol. The number of aryl methyl sites for hydroxylation is 1. The van der Waals surface area contributed by atoms with Crippen molar-refractivity contribution < 1.29 is 4.42 Å². The number of hydrogen-bond acceptors (Lipinski definition) is 1. The fourth-order valence-corrected chi connectivity index (χ4v) is 5.12. The predicted octanol–water partition coefficient (Wildman–Crippen LogP) is 5.95. The van der Waals surface area contributed by atoms with E-state index >= 15 is 0 Å². The van der Waals surface area contributed by atoms with Crippen LogP contribution >= 0.6 is 0 Å². The minimum absolute atomic E-state index is 0.0824. The van der Waals surface area contributed by atoms with Crippen molar-refractivity contribution in [2.45, 2.75) is 91.9 Å². The molecule has 0 N–H and O–H groups in total. The van der Waals surface area contributed by atoms with E-state index in [1.807, 2.05) is 0 Å². The highest BCUT2D eigenvalue weighted by Gasteiger charge is 2.61. The van der Waals surface area contributed by atoms with E-state index in [0.717, 1.165) is 6.42 Å². The number of rotatable bonds is 0. The molecule has 2 aliphatic rings. The Hall–Kier alpha value is -0.720. The van der Waals surface area contributed by atoms with Gasteiger partial charge in [-0.25, -0.2) is 0 Å². The molecule has 0 radical (unpaired) electrons. The fourth-order valence-electron chi connectivity index (χ4n) is 5.12. The molecule has 0 saturated carbocycles. The Morgan fingerprint density at radius 1 is 1.00 bits per heavy atom. The van der Waals surface area contributed by atoms with Gasteiger partial charge in [0.25, 0.3) is 0 Å². The normalized spacial score (nSPS) is 28.5. The molecule has 3 rings (SSSR count). The maximum atomic E-state index is 6.45. The Bertz CT molecular complexity index is 590. The van der Waals surface area contributed by atoms with Crippen LogP contribution in [0.25, 0.3) is 0 Å². The molecule has 2 aliphatic carbocycles. The maximum absolute atomic E-state index is 6.45. The van der Waals surface area contributed by atoms with Crippen LogP contribution < -0.4 is 0 Å². The van der Waals surface area contributed by atoms with Crippen molar-refractivity contribution in [1.82, 2.24) is 0 Å². The van der Waals surface area contributed by atoms with E-state index in [9.17, 15) is 0 Å². The SMILES string of the molecule is CC(C)(C)c1oc2c3c1C(C)(C)C(C)(C)C3C(C)(C)CC2. The Kier molecular flexibility index (Phi) is 2.73. The lowest BCUT2D eigenvalue weighted by Gasteiger charge is -2.48. The minimum Gasteiger partial charge on any atom is -0.465 e. The molecule has 1 aromatic rings. The second-order valence-electron chi connectivity index (χ2n) is 10.2. The van der Waals surface area contributed by atoms with Crippen LogP contribution in [0.2, 0.25) is 0 Å². The topological polar surface area (TPSA) is 13.1 Å². The Labute approximate surface area is 130 Å². The molecule has 1 atom stereocenters. The van der Waals surface area contributed by atoms with Crippen LogP contribution in [0.5, 0.6) is 0 Å². The van der Waals surface area contributed by atoms with E-state index in [0.29, 0.717) is 11.3 Å². The summed E-state index contributed by atoms with van der Waals surface area (Å²) in [6.45, 7) is 21.6. The van der Waals surface area contributed by atoms with Crippen LogP contribution in [0.4, 0.5) is 0 Å². The van der Waals surface area contributed by atoms with Gasteiger partial charge in [-0.05, 0) is 28.6 Å². The monoisotopic (exact) mass is 288 g/mol. The van der Waals surface area contributed by atoms with Gasteiger partial charge in [-0.2, -0.15) is 0 Å². The van der Waals surface area contributed by atoms with Crippen LogP contribution in [0.15, 0.2) is 4.42 Å². The molecule has 0 spiro atoms. The average molecular weight is 288 g/mol. The predicted molar refractivity (Wildman–Crippen MR) is 89.1 cm³/mol. The van der Waals surface area contributed by atoms with E-state index < -0.39 is 0 Å². The molecule has 0 saturated heterocycles. The molecule has 1 heterocycles. The van der Waals surface area contributed by atoms with Gasteiger partial charge in [0.05, 0.1) is 0 Å². The summed E-state index contributed by atoms with van der Waals surface area (Å²) in [6.07, 6.45) is 2.34. The Balaban J connectivity index is 2.37. The molecule has 0 amide bonds. The quantitative estimate of drug-likeness (QED) is 0.575. The van der Waals surface area contributed by atoms with Crippen molar-refractivity contribution in [2.24, 2.45) is 10.8 Å². The van der Waals surface area contributed by atoms with E-state index in [4.69, 9.17) is 4.42 Å². The van der Waals surface area contributed by atoms with Crippen molar-refractivity contribution in [1.29, 1.82) is 0 Å². The molecule has 0 bridgehead atoms. The van der Waals surface area contributed by atoms with Crippen molar-refractivity contribution in [3.63, 3.8) is 0 Å². The highest BCUT2D eigenvalue weighted by molar-refractivity contribution is 5.53. The average Bonchev–Trinajstić information content (AvgIpc) is 2.72. The summed E-state index contributed by atoms with van der Waals surface area (Å²) >= 11 is 0. The largest absolute Gasteiger partial charge is 0.465 e. The van der Waals surface area contributed by atoms with E-state index in [2.05, 4.69) is 62.3 Å². The Morgan fingerprint density at radius 2 is 1.57 bits per heavy atom. The molecule has 0 fully saturated rings. The van der Waals surface area contributed by atoms with Crippen LogP contribution in [0.1, 0.15) is 97.3 Å². The summed E-state index contributed by atoms with van der Waals surface area (Å²) in [4.78, 5) is 0. The van der Waals surface area contributed by atoms with Crippen LogP contribution in [0, 0.1) is 10.8 Å². The highest BCUT2D eigenvalue weighted by Crippen LogP contribution is 2.69. The first kappa shape index (κ1) is 15.2. The second-order valence-corrected chi connectivity index (χ2v) is 10.2. The molecular formula is C20H32O. The summed E-state index contributed by atoms with van der Waals surface area (Å²) in [6, 6.07) is 0. The zero-order chi connectivity index (χ0) is 16.0. The highest BCUT2D eigenvalue weighted by atomic mass is 16.3. The van der Waals surface area contributed by atoms with Crippen molar-refractivity contribution in [3.8, 4) is 0 Å². The van der Waals surface area contributed by atoms with E-state index in [1.54, 1.807) is 5.56 Å². The molecule has 1 aromatic heterocycles. The van der Waals surface area contributed by atoms with Gasteiger partial charge in [0.1, 0.15) is 11.5 Å². The molecule has 0 aromatic carbocycles. The molecule has 1 heteroatoms. The third-order valence-corrected chi connectivity index (χ3v) is 6.73. The van der Waals surface area contributed by atoms with E-state index in [1.165, 1.54) is 23.5 Å². The first-order chi connectivity index (χ1) is 9.32. The van der Waals surface area contributed by atoms with Gasteiger partial charge in [0, 0.05) is 23.0 Å². The molecule has 1 unspecified atom stereocenters. The van der Waals surface area contributed by atoms with Gasteiger partial charge in [-0.1, -0.05) is 62.3 Å². The van der Waals surface area contributed by atoms with Gasteiger partial charge in [-0.3, -0.25) is 0 Å². The number of furan rings is 1. The zero-order valence-corrected chi connectivity index (χ0v) is 15.4. The first-order valence-electron chi connectivity index (χ1n) is 8.48. The Morgan fingerprint density at radius 3 is 2.10 bits per heavy atom. The summed E-state index contributed by atoms with van der Waals surface area (Å²) in [5, 5.41) is 0. The summed E-state index contributed by atoms with van der Waals surface area (Å²) in [5.41, 5.74) is 3.99. The molecule has 21 heavy (non-hydrogen) atoms. The van der Waals surface area contributed by atoms with Gasteiger partial charge in [0.15, 0.2) is 0 Å². The molecule has 1 nitrogen and oxygen atoms in total.